The van der Waals surface area contributed by atoms with Crippen molar-refractivity contribution in [1.29, 1.82) is 0 Å². The average Bonchev–Trinajstić information content (AvgIpc) is 2.75. The summed E-state index contributed by atoms with van der Waals surface area (Å²) in [5.74, 6) is 1.07. The summed E-state index contributed by atoms with van der Waals surface area (Å²) in [4.78, 5) is 12.0. The van der Waals surface area contributed by atoms with Gasteiger partial charge < -0.3 is 10.6 Å². The van der Waals surface area contributed by atoms with Crippen molar-refractivity contribution in [3.63, 3.8) is 0 Å². The van der Waals surface area contributed by atoms with Crippen molar-refractivity contribution in [2.45, 2.75) is 31.7 Å². The number of benzene rings is 1. The predicted molar refractivity (Wildman–Crippen MR) is 83.0 cm³/mol. The average molecular weight is 295 g/mol. The highest BCUT2D eigenvalue weighted by molar-refractivity contribution is 5.85. The molecule has 0 radical (unpaired) electrons. The van der Waals surface area contributed by atoms with Gasteiger partial charge in [0.15, 0.2) is 0 Å². The van der Waals surface area contributed by atoms with Gasteiger partial charge in [-0.15, -0.1) is 12.4 Å². The number of hydrogen-bond acceptors (Lipinski definition) is 2. The number of hydrogen-bond donors (Lipinski definition) is 2. The van der Waals surface area contributed by atoms with Crippen molar-refractivity contribution in [3.05, 3.63) is 35.9 Å². The molecule has 1 saturated carbocycles. The third-order valence-electron chi connectivity index (χ3n) is 4.48. The number of rotatable bonds is 4. The van der Waals surface area contributed by atoms with Gasteiger partial charge >= 0.3 is 0 Å². The van der Waals surface area contributed by atoms with Crippen LogP contribution >= 0.6 is 12.4 Å². The molecule has 0 spiro atoms. The monoisotopic (exact) mass is 294 g/mol. The minimum Gasteiger partial charge on any atom is -0.353 e. The van der Waals surface area contributed by atoms with Gasteiger partial charge in [0.25, 0.3) is 0 Å². The fourth-order valence-corrected chi connectivity index (χ4v) is 3.16. The topological polar surface area (TPSA) is 41.1 Å². The number of halogens is 1. The molecule has 1 aromatic carbocycles. The summed E-state index contributed by atoms with van der Waals surface area (Å²) in [6, 6.07) is 11.0. The third-order valence-corrected chi connectivity index (χ3v) is 4.48. The van der Waals surface area contributed by atoms with Crippen LogP contribution in [0.5, 0.6) is 0 Å². The standard InChI is InChI=1S/C16H22N2O.ClH/c19-16(14-10-17-11-14)18-15-8-4-7-13(15)9-12-5-2-1-3-6-12;/h1-3,5-6,13-15,17H,4,7-11H2,(H,18,19);1H. The molecule has 0 bridgehead atoms. The van der Waals surface area contributed by atoms with E-state index in [1.54, 1.807) is 0 Å². The Bertz CT molecular complexity index is 433. The molecule has 2 N–H and O–H groups in total. The zero-order valence-electron chi connectivity index (χ0n) is 11.7. The Morgan fingerprint density at radius 2 is 1.95 bits per heavy atom. The molecular weight excluding hydrogens is 272 g/mol. The Morgan fingerprint density at radius 1 is 1.20 bits per heavy atom. The zero-order valence-corrected chi connectivity index (χ0v) is 12.5. The van der Waals surface area contributed by atoms with E-state index in [0.717, 1.165) is 25.9 Å². The maximum absolute atomic E-state index is 12.0. The Balaban J connectivity index is 0.00000147. The first-order valence-corrected chi connectivity index (χ1v) is 7.38. The molecule has 2 fully saturated rings. The highest BCUT2D eigenvalue weighted by atomic mass is 35.5. The van der Waals surface area contributed by atoms with Crippen LogP contribution in [0, 0.1) is 11.8 Å². The number of carbonyl (C=O) groups excluding carboxylic acids is 1. The predicted octanol–water partition coefficient (Wildman–Crippen LogP) is 2.16. The quantitative estimate of drug-likeness (QED) is 0.893. The van der Waals surface area contributed by atoms with Crippen LogP contribution in [0.4, 0.5) is 0 Å². The molecule has 1 aliphatic heterocycles. The van der Waals surface area contributed by atoms with Gasteiger partial charge in [-0.2, -0.15) is 0 Å². The van der Waals surface area contributed by atoms with E-state index in [1.165, 1.54) is 18.4 Å². The normalized spacial score (nSPS) is 25.6. The van der Waals surface area contributed by atoms with Crippen molar-refractivity contribution < 1.29 is 4.79 Å². The van der Waals surface area contributed by atoms with Gasteiger partial charge in [0.1, 0.15) is 0 Å². The molecule has 3 rings (SSSR count). The van der Waals surface area contributed by atoms with Crippen LogP contribution in [0.2, 0.25) is 0 Å². The smallest absolute Gasteiger partial charge is 0.225 e. The first kappa shape index (κ1) is 15.3. The van der Waals surface area contributed by atoms with Gasteiger partial charge in [0, 0.05) is 19.1 Å². The maximum atomic E-state index is 12.0. The first-order valence-electron chi connectivity index (χ1n) is 7.38. The highest BCUT2D eigenvalue weighted by Gasteiger charge is 2.32. The van der Waals surface area contributed by atoms with E-state index in [1.807, 2.05) is 0 Å². The summed E-state index contributed by atoms with van der Waals surface area (Å²) in [7, 11) is 0. The summed E-state index contributed by atoms with van der Waals surface area (Å²) in [5.41, 5.74) is 1.39. The first-order chi connectivity index (χ1) is 9.33. The molecule has 4 heteroatoms. The van der Waals surface area contributed by atoms with E-state index in [9.17, 15) is 4.79 Å². The van der Waals surface area contributed by atoms with Crippen molar-refractivity contribution in [2.24, 2.45) is 11.8 Å². The van der Waals surface area contributed by atoms with Crippen LogP contribution in [-0.2, 0) is 11.2 Å². The molecule has 1 saturated heterocycles. The number of carbonyl (C=O) groups is 1. The Labute approximate surface area is 126 Å². The molecule has 20 heavy (non-hydrogen) atoms. The van der Waals surface area contributed by atoms with Crippen LogP contribution in [0.15, 0.2) is 30.3 Å². The Kier molecular flexibility index (Phi) is 5.44. The lowest BCUT2D eigenvalue weighted by atomic mass is 9.93. The van der Waals surface area contributed by atoms with Gasteiger partial charge in [-0.05, 0) is 30.7 Å². The van der Waals surface area contributed by atoms with Gasteiger partial charge in [0.2, 0.25) is 5.91 Å². The largest absolute Gasteiger partial charge is 0.353 e. The fraction of sp³-hybridized carbons (Fsp3) is 0.562. The number of amides is 1. The third kappa shape index (κ3) is 3.53. The van der Waals surface area contributed by atoms with E-state index in [2.05, 4.69) is 41.0 Å². The van der Waals surface area contributed by atoms with E-state index >= 15 is 0 Å². The maximum Gasteiger partial charge on any atom is 0.225 e. The van der Waals surface area contributed by atoms with Crippen LogP contribution in [0.1, 0.15) is 24.8 Å². The second-order valence-electron chi connectivity index (χ2n) is 5.85. The van der Waals surface area contributed by atoms with E-state index in [4.69, 9.17) is 0 Å². The highest BCUT2D eigenvalue weighted by Crippen LogP contribution is 2.29. The Morgan fingerprint density at radius 3 is 2.60 bits per heavy atom. The van der Waals surface area contributed by atoms with Crippen LogP contribution in [0.3, 0.4) is 0 Å². The second-order valence-corrected chi connectivity index (χ2v) is 5.85. The molecule has 2 atom stereocenters. The summed E-state index contributed by atoms with van der Waals surface area (Å²) < 4.78 is 0. The summed E-state index contributed by atoms with van der Waals surface area (Å²) in [6.45, 7) is 1.70. The molecule has 1 aliphatic carbocycles. The van der Waals surface area contributed by atoms with Gasteiger partial charge in [-0.3, -0.25) is 4.79 Å². The molecule has 0 aromatic heterocycles. The number of nitrogens with one attached hydrogen (secondary N) is 2. The molecule has 2 unspecified atom stereocenters. The molecule has 110 valence electrons. The molecule has 1 amide bonds. The minimum atomic E-state index is 0. The van der Waals surface area contributed by atoms with Gasteiger partial charge in [-0.25, -0.2) is 0 Å². The minimum absolute atomic E-state index is 0. The van der Waals surface area contributed by atoms with Crippen molar-refractivity contribution in [2.75, 3.05) is 13.1 Å². The van der Waals surface area contributed by atoms with E-state index in [-0.39, 0.29) is 24.2 Å². The molecule has 3 nitrogen and oxygen atoms in total. The summed E-state index contributed by atoms with van der Waals surface area (Å²) in [5, 5.41) is 6.43. The van der Waals surface area contributed by atoms with Gasteiger partial charge in [0.05, 0.1) is 5.92 Å². The molecule has 1 heterocycles. The lowest BCUT2D eigenvalue weighted by molar-refractivity contribution is -0.127. The molecule has 1 aromatic rings. The second kappa shape index (κ2) is 7.09. The lowest BCUT2D eigenvalue weighted by Crippen LogP contribution is -2.53. The van der Waals surface area contributed by atoms with E-state index < -0.39 is 0 Å². The van der Waals surface area contributed by atoms with Crippen molar-refractivity contribution in [1.82, 2.24) is 10.6 Å². The lowest BCUT2D eigenvalue weighted by Gasteiger charge is -2.29. The van der Waals surface area contributed by atoms with Crippen LogP contribution in [-0.4, -0.2) is 25.0 Å². The molecule has 2 aliphatic rings. The molecular formula is C16H23ClN2O. The van der Waals surface area contributed by atoms with Crippen molar-refractivity contribution in [3.8, 4) is 0 Å². The van der Waals surface area contributed by atoms with Crippen molar-refractivity contribution >= 4 is 18.3 Å². The van der Waals surface area contributed by atoms with Crippen LogP contribution < -0.4 is 10.6 Å². The summed E-state index contributed by atoms with van der Waals surface area (Å²) >= 11 is 0. The Hall–Kier alpha value is -1.06. The van der Waals surface area contributed by atoms with E-state index in [0.29, 0.717) is 12.0 Å². The summed E-state index contributed by atoms with van der Waals surface area (Å²) in [6.07, 6.45) is 4.71. The SMILES string of the molecule is Cl.O=C(NC1CCCC1Cc1ccccc1)C1CNC1. The van der Waals surface area contributed by atoms with Crippen LogP contribution in [0.25, 0.3) is 0 Å². The zero-order chi connectivity index (χ0) is 13.1. The van der Waals surface area contributed by atoms with Gasteiger partial charge in [-0.1, -0.05) is 36.8 Å². The fourth-order valence-electron chi connectivity index (χ4n) is 3.16.